The van der Waals surface area contributed by atoms with Crippen LogP contribution in [0.25, 0.3) is 0 Å². The zero-order chi connectivity index (χ0) is 15.6. The van der Waals surface area contributed by atoms with Gasteiger partial charge in [0.05, 0.1) is 28.6 Å². The molecule has 21 heavy (non-hydrogen) atoms. The smallest absolute Gasteiger partial charge is 0.270 e. The molecule has 1 aliphatic heterocycles. The number of aliphatic hydroxyl groups excluding tert-OH is 1. The van der Waals surface area contributed by atoms with Crippen LogP contribution >= 0.6 is 0 Å². The summed E-state index contributed by atoms with van der Waals surface area (Å²) in [5, 5.41) is 20.2. The molecule has 1 heterocycles. The van der Waals surface area contributed by atoms with Gasteiger partial charge in [0.15, 0.2) is 9.84 Å². The molecule has 0 unspecified atom stereocenters. The van der Waals surface area contributed by atoms with E-state index in [0.29, 0.717) is 0 Å². The largest absolute Gasteiger partial charge is 0.390 e. The average Bonchev–Trinajstić information content (AvgIpc) is 2.68. The summed E-state index contributed by atoms with van der Waals surface area (Å²) in [5.41, 5.74) is 4.49. The molecule has 10 heteroatoms. The van der Waals surface area contributed by atoms with Gasteiger partial charge in [0, 0.05) is 17.7 Å². The first-order valence-electron chi connectivity index (χ1n) is 5.97. The summed E-state index contributed by atoms with van der Waals surface area (Å²) >= 11 is 0. The molecular formula is C11H13N3O6S. The minimum Gasteiger partial charge on any atom is -0.390 e. The Morgan fingerprint density at radius 1 is 1.38 bits per heavy atom. The first-order valence-corrected chi connectivity index (χ1v) is 7.79. The fraction of sp³-hybridized carbons (Fsp3) is 0.364. The molecule has 0 aromatic heterocycles. The predicted octanol–water partition coefficient (Wildman–Crippen LogP) is -1.01. The van der Waals surface area contributed by atoms with Gasteiger partial charge in [-0.05, 0) is 6.07 Å². The van der Waals surface area contributed by atoms with E-state index >= 15 is 0 Å². The molecule has 0 aliphatic carbocycles. The molecule has 1 aromatic rings. The monoisotopic (exact) mass is 315 g/mol. The van der Waals surface area contributed by atoms with Gasteiger partial charge in [-0.1, -0.05) is 6.07 Å². The minimum atomic E-state index is -3.33. The van der Waals surface area contributed by atoms with Crippen molar-refractivity contribution in [2.75, 3.05) is 11.5 Å². The normalized spacial score (nSPS) is 23.7. The molecule has 1 saturated heterocycles. The summed E-state index contributed by atoms with van der Waals surface area (Å²) in [6, 6.07) is 4.28. The average molecular weight is 315 g/mol. The van der Waals surface area contributed by atoms with Crippen molar-refractivity contribution < 1.29 is 23.2 Å². The maximum Gasteiger partial charge on any atom is 0.270 e. The Labute approximate surface area is 120 Å². The third-order valence-electron chi connectivity index (χ3n) is 3.01. The van der Waals surface area contributed by atoms with E-state index in [0.717, 1.165) is 6.07 Å². The summed E-state index contributed by atoms with van der Waals surface area (Å²) < 4.78 is 22.6. The molecular weight excluding hydrogens is 302 g/mol. The number of aliphatic hydroxyl groups is 1. The van der Waals surface area contributed by atoms with Crippen molar-refractivity contribution in [3.63, 3.8) is 0 Å². The molecule has 0 radical (unpaired) electrons. The number of nitro benzene ring substituents is 1. The molecule has 2 rings (SSSR count). The highest BCUT2D eigenvalue weighted by Crippen LogP contribution is 2.14. The van der Waals surface area contributed by atoms with Crippen LogP contribution in [0.1, 0.15) is 10.4 Å². The molecule has 1 aliphatic rings. The van der Waals surface area contributed by atoms with E-state index < -0.39 is 32.8 Å². The highest BCUT2D eigenvalue weighted by Gasteiger charge is 2.36. The van der Waals surface area contributed by atoms with Crippen LogP contribution in [0.5, 0.6) is 0 Å². The summed E-state index contributed by atoms with van der Waals surface area (Å²) in [7, 11) is -3.33. The maximum absolute atomic E-state index is 11.8. The van der Waals surface area contributed by atoms with E-state index in [9.17, 15) is 28.4 Å². The van der Waals surface area contributed by atoms with Gasteiger partial charge < -0.3 is 5.11 Å². The maximum atomic E-state index is 11.8. The topological polar surface area (TPSA) is 139 Å². The van der Waals surface area contributed by atoms with E-state index in [2.05, 4.69) is 10.9 Å². The molecule has 0 spiro atoms. The lowest BCUT2D eigenvalue weighted by Gasteiger charge is -2.15. The van der Waals surface area contributed by atoms with Crippen LogP contribution in [0.15, 0.2) is 24.3 Å². The number of carbonyl (C=O) groups excluding carboxylic acids is 1. The first-order chi connectivity index (χ1) is 9.78. The highest BCUT2D eigenvalue weighted by atomic mass is 32.2. The molecule has 1 amide bonds. The number of nitrogens with one attached hydrogen (secondary N) is 2. The van der Waals surface area contributed by atoms with Gasteiger partial charge in [-0.15, -0.1) is 0 Å². The number of carbonyl (C=O) groups is 1. The molecule has 1 fully saturated rings. The fourth-order valence-corrected chi connectivity index (χ4v) is 3.70. The molecule has 0 saturated carbocycles. The summed E-state index contributed by atoms with van der Waals surface area (Å²) in [6.45, 7) is 0. The van der Waals surface area contributed by atoms with Crippen molar-refractivity contribution in [2.24, 2.45) is 0 Å². The van der Waals surface area contributed by atoms with Crippen LogP contribution in [-0.2, 0) is 9.84 Å². The Morgan fingerprint density at radius 3 is 2.67 bits per heavy atom. The Morgan fingerprint density at radius 2 is 2.10 bits per heavy atom. The number of hydrogen-bond donors (Lipinski definition) is 3. The van der Waals surface area contributed by atoms with Crippen LogP contribution in [0.3, 0.4) is 0 Å². The second-order valence-corrected chi connectivity index (χ2v) is 6.81. The second kappa shape index (κ2) is 5.76. The highest BCUT2D eigenvalue weighted by molar-refractivity contribution is 7.91. The SMILES string of the molecule is O=C(NN[C@H]1CS(=O)(=O)C[C@@H]1O)c1cccc([N+](=O)[O-])c1. The van der Waals surface area contributed by atoms with Gasteiger partial charge in [0.1, 0.15) is 0 Å². The van der Waals surface area contributed by atoms with Crippen molar-refractivity contribution in [3.05, 3.63) is 39.9 Å². The van der Waals surface area contributed by atoms with Gasteiger partial charge in [-0.2, -0.15) is 0 Å². The number of hydrogen-bond acceptors (Lipinski definition) is 7. The lowest BCUT2D eigenvalue weighted by molar-refractivity contribution is -0.384. The molecule has 9 nitrogen and oxygen atoms in total. The standard InChI is InChI=1S/C11H13N3O6S/c15-10-6-21(19,20)5-9(10)12-13-11(16)7-2-1-3-8(4-7)14(17)18/h1-4,9-10,12,15H,5-6H2,(H,13,16)/t9-,10-/m0/s1. The zero-order valence-corrected chi connectivity index (χ0v) is 11.5. The number of nitro groups is 1. The van der Waals surface area contributed by atoms with Gasteiger partial charge in [-0.25, -0.2) is 13.8 Å². The van der Waals surface area contributed by atoms with Gasteiger partial charge in [0.25, 0.3) is 11.6 Å². The lowest BCUT2D eigenvalue weighted by atomic mass is 10.2. The summed E-state index contributed by atoms with van der Waals surface area (Å²) in [6.07, 6.45) is -1.11. The number of non-ortho nitro benzene ring substituents is 1. The van der Waals surface area contributed by atoms with Crippen molar-refractivity contribution in [3.8, 4) is 0 Å². The Balaban J connectivity index is 1.99. The quantitative estimate of drug-likeness (QED) is 0.478. The minimum absolute atomic E-state index is 0.0482. The third kappa shape index (κ3) is 3.74. The van der Waals surface area contributed by atoms with Gasteiger partial charge in [-0.3, -0.25) is 20.3 Å². The predicted molar refractivity (Wildman–Crippen MR) is 72.1 cm³/mol. The van der Waals surface area contributed by atoms with Crippen LogP contribution in [-0.4, -0.2) is 48.0 Å². The lowest BCUT2D eigenvalue weighted by Crippen LogP contribution is -2.49. The van der Waals surface area contributed by atoms with E-state index in [-0.39, 0.29) is 22.8 Å². The first kappa shape index (κ1) is 15.4. The molecule has 0 bridgehead atoms. The molecule has 114 valence electrons. The number of rotatable bonds is 4. The van der Waals surface area contributed by atoms with E-state index in [1.54, 1.807) is 0 Å². The van der Waals surface area contributed by atoms with Crippen molar-refractivity contribution in [2.45, 2.75) is 12.1 Å². The number of nitrogens with zero attached hydrogens (tertiary/aromatic N) is 1. The fourth-order valence-electron chi connectivity index (χ4n) is 1.96. The number of benzene rings is 1. The summed E-state index contributed by atoms with van der Waals surface area (Å²) in [5.74, 6) is -1.31. The zero-order valence-electron chi connectivity index (χ0n) is 10.7. The number of hydrazine groups is 1. The van der Waals surface area contributed by atoms with Crippen LogP contribution in [0, 0.1) is 10.1 Å². The Bertz CT molecular complexity index is 674. The van der Waals surface area contributed by atoms with E-state index in [1.807, 2.05) is 0 Å². The van der Waals surface area contributed by atoms with Gasteiger partial charge in [0.2, 0.25) is 0 Å². The Kier molecular flexibility index (Phi) is 4.21. The second-order valence-electron chi connectivity index (χ2n) is 4.66. The number of amides is 1. The molecule has 2 atom stereocenters. The third-order valence-corrected chi connectivity index (χ3v) is 4.73. The molecule has 3 N–H and O–H groups in total. The Hall–Kier alpha value is -2.04. The van der Waals surface area contributed by atoms with Crippen LogP contribution in [0.2, 0.25) is 0 Å². The van der Waals surface area contributed by atoms with Crippen molar-refractivity contribution in [1.29, 1.82) is 0 Å². The number of sulfone groups is 1. The van der Waals surface area contributed by atoms with E-state index in [4.69, 9.17) is 0 Å². The van der Waals surface area contributed by atoms with Gasteiger partial charge >= 0.3 is 0 Å². The van der Waals surface area contributed by atoms with Crippen molar-refractivity contribution in [1.82, 2.24) is 10.9 Å². The van der Waals surface area contributed by atoms with Crippen molar-refractivity contribution >= 4 is 21.4 Å². The van der Waals surface area contributed by atoms with Crippen LogP contribution in [0.4, 0.5) is 5.69 Å². The molecule has 1 aromatic carbocycles. The van der Waals surface area contributed by atoms with Crippen LogP contribution < -0.4 is 10.9 Å². The van der Waals surface area contributed by atoms with E-state index in [1.165, 1.54) is 18.2 Å². The summed E-state index contributed by atoms with van der Waals surface area (Å²) in [4.78, 5) is 21.8.